The van der Waals surface area contributed by atoms with E-state index in [4.69, 9.17) is 20.8 Å². The zero-order chi connectivity index (χ0) is 26.6. The summed E-state index contributed by atoms with van der Waals surface area (Å²) in [6.07, 6.45) is 0.424. The number of carbonyl (C=O) groups excluding carboxylic acids is 2. The number of anilines is 1. The van der Waals surface area contributed by atoms with Gasteiger partial charge in [-0.2, -0.15) is 0 Å². The van der Waals surface area contributed by atoms with Crippen molar-refractivity contribution in [1.29, 1.82) is 0 Å². The fourth-order valence-electron chi connectivity index (χ4n) is 5.56. The fraction of sp³-hybridized carbons (Fsp3) is 0.207. The molecule has 2 aliphatic rings. The topological polar surface area (TPSA) is 80.1 Å². The number of halogens is 2. The van der Waals surface area contributed by atoms with Gasteiger partial charge in [0.05, 0.1) is 23.2 Å². The van der Waals surface area contributed by atoms with E-state index in [9.17, 15) is 18.8 Å². The molecule has 0 fully saturated rings. The molecule has 1 spiro atoms. The van der Waals surface area contributed by atoms with Crippen molar-refractivity contribution in [2.24, 2.45) is 0 Å². The van der Waals surface area contributed by atoms with Gasteiger partial charge in [0.2, 0.25) is 5.76 Å². The smallest absolute Gasteiger partial charge is 0.291 e. The average molecular weight is 533 g/mol. The first-order valence-corrected chi connectivity index (χ1v) is 12.5. The van der Waals surface area contributed by atoms with Crippen molar-refractivity contribution < 1.29 is 23.1 Å². The van der Waals surface area contributed by atoms with Gasteiger partial charge in [0.25, 0.3) is 11.8 Å². The molecule has 4 aromatic rings. The number of nitrogens with zero attached hydrogens (tertiary/aromatic N) is 2. The van der Waals surface area contributed by atoms with Crippen molar-refractivity contribution in [3.05, 3.63) is 110 Å². The van der Waals surface area contributed by atoms with Crippen molar-refractivity contribution in [3.8, 4) is 0 Å². The van der Waals surface area contributed by atoms with Gasteiger partial charge in [-0.1, -0.05) is 41.9 Å². The van der Waals surface area contributed by atoms with Gasteiger partial charge in [0.15, 0.2) is 11.0 Å². The standard InChI is InChI=1S/C29H22ClFN2O5/c1-37-14-4-13-33-27(35)26-24(25(34)20-15-19(31)11-12-23(20)38-26)29(33)21-5-2-3-6-22(21)32(28(29)36)16-17-7-9-18(30)10-8-17/h2-3,5-12,15H,4,13-14,16H2,1H3. The van der Waals surface area contributed by atoms with Crippen molar-refractivity contribution in [1.82, 2.24) is 4.90 Å². The van der Waals surface area contributed by atoms with Crippen LogP contribution in [0.25, 0.3) is 11.0 Å². The zero-order valence-corrected chi connectivity index (χ0v) is 21.1. The second-order valence-corrected chi connectivity index (χ2v) is 9.76. The summed E-state index contributed by atoms with van der Waals surface area (Å²) in [5.74, 6) is -1.86. The Bertz CT molecular complexity index is 1670. The minimum Gasteiger partial charge on any atom is -0.450 e. The number of hydrogen-bond acceptors (Lipinski definition) is 5. The Morgan fingerprint density at radius 2 is 1.79 bits per heavy atom. The van der Waals surface area contributed by atoms with Crippen LogP contribution in [0.3, 0.4) is 0 Å². The summed E-state index contributed by atoms with van der Waals surface area (Å²) < 4.78 is 25.3. The van der Waals surface area contributed by atoms with Gasteiger partial charge in [-0.05, 0) is 48.4 Å². The maximum Gasteiger partial charge on any atom is 0.291 e. The Morgan fingerprint density at radius 1 is 1.03 bits per heavy atom. The number of fused-ring (bicyclic) bond motifs is 5. The first kappa shape index (κ1) is 24.3. The van der Waals surface area contributed by atoms with Crippen molar-refractivity contribution in [3.63, 3.8) is 0 Å². The van der Waals surface area contributed by atoms with Gasteiger partial charge in [0, 0.05) is 30.8 Å². The molecule has 1 atom stereocenters. The second kappa shape index (κ2) is 9.08. The van der Waals surface area contributed by atoms with Crippen LogP contribution in [0.15, 0.2) is 75.9 Å². The van der Waals surface area contributed by atoms with Crippen molar-refractivity contribution >= 4 is 40.1 Å². The summed E-state index contributed by atoms with van der Waals surface area (Å²) in [5.41, 5.74) is -0.500. The molecule has 0 saturated carbocycles. The van der Waals surface area contributed by atoms with Crippen LogP contribution in [-0.2, 0) is 21.6 Å². The van der Waals surface area contributed by atoms with E-state index in [0.29, 0.717) is 29.3 Å². The summed E-state index contributed by atoms with van der Waals surface area (Å²) >= 11 is 6.06. The summed E-state index contributed by atoms with van der Waals surface area (Å²) in [7, 11) is 1.55. The molecule has 6 rings (SSSR count). The molecule has 1 aromatic heterocycles. The maximum absolute atomic E-state index is 14.6. The first-order chi connectivity index (χ1) is 18.4. The highest BCUT2D eigenvalue weighted by Gasteiger charge is 2.64. The van der Waals surface area contributed by atoms with Crippen LogP contribution < -0.4 is 10.3 Å². The number of hydrogen-bond donors (Lipinski definition) is 0. The molecule has 38 heavy (non-hydrogen) atoms. The molecule has 0 saturated heterocycles. The Labute approximate surface area is 222 Å². The van der Waals surface area contributed by atoms with E-state index in [-0.39, 0.29) is 35.4 Å². The lowest BCUT2D eigenvalue weighted by Crippen LogP contribution is -2.53. The second-order valence-electron chi connectivity index (χ2n) is 9.32. The van der Waals surface area contributed by atoms with E-state index in [0.717, 1.165) is 17.7 Å². The maximum atomic E-state index is 14.6. The highest BCUT2D eigenvalue weighted by Crippen LogP contribution is 2.52. The highest BCUT2D eigenvalue weighted by molar-refractivity contribution is 6.30. The summed E-state index contributed by atoms with van der Waals surface area (Å²) in [4.78, 5) is 45.4. The van der Waals surface area contributed by atoms with Crippen LogP contribution in [0, 0.1) is 5.82 Å². The third-order valence-corrected chi connectivity index (χ3v) is 7.43. The predicted molar refractivity (Wildman–Crippen MR) is 140 cm³/mol. The van der Waals surface area contributed by atoms with E-state index in [1.165, 1.54) is 11.0 Å². The molecule has 192 valence electrons. The summed E-state index contributed by atoms with van der Waals surface area (Å²) in [5, 5.41) is 0.533. The molecular weight excluding hydrogens is 511 g/mol. The molecule has 0 aliphatic carbocycles. The number of methoxy groups -OCH3 is 1. The van der Waals surface area contributed by atoms with Gasteiger partial charge in [-0.15, -0.1) is 0 Å². The van der Waals surface area contributed by atoms with Gasteiger partial charge in [0.1, 0.15) is 11.4 Å². The van der Waals surface area contributed by atoms with E-state index < -0.39 is 28.6 Å². The molecule has 3 aromatic carbocycles. The largest absolute Gasteiger partial charge is 0.450 e. The molecule has 3 heterocycles. The number of ether oxygens (including phenoxy) is 1. The van der Waals surface area contributed by atoms with Gasteiger partial charge in [-0.3, -0.25) is 14.4 Å². The number of rotatable bonds is 6. The first-order valence-electron chi connectivity index (χ1n) is 12.1. The normalized spacial score (nSPS) is 18.1. The average Bonchev–Trinajstić information content (AvgIpc) is 3.31. The van der Waals surface area contributed by atoms with Crippen LogP contribution in [-0.4, -0.2) is 37.0 Å². The van der Waals surface area contributed by atoms with E-state index in [2.05, 4.69) is 0 Å². The fourth-order valence-corrected chi connectivity index (χ4v) is 5.69. The van der Waals surface area contributed by atoms with Crippen molar-refractivity contribution in [2.75, 3.05) is 25.2 Å². The molecule has 7 nitrogen and oxygen atoms in total. The predicted octanol–water partition coefficient (Wildman–Crippen LogP) is 4.87. The monoisotopic (exact) mass is 532 g/mol. The minimum atomic E-state index is -1.76. The molecule has 2 amide bonds. The molecule has 1 unspecified atom stereocenters. The van der Waals surface area contributed by atoms with Crippen LogP contribution in [0.5, 0.6) is 0 Å². The molecular formula is C29H22ClFN2O5. The Morgan fingerprint density at radius 3 is 2.55 bits per heavy atom. The van der Waals surface area contributed by atoms with Gasteiger partial charge >= 0.3 is 0 Å². The van der Waals surface area contributed by atoms with Crippen LogP contribution in [0.4, 0.5) is 10.1 Å². The third kappa shape index (κ3) is 3.40. The number of amides is 2. The molecule has 9 heteroatoms. The van der Waals surface area contributed by atoms with E-state index >= 15 is 0 Å². The lowest BCUT2D eigenvalue weighted by Gasteiger charge is -2.34. The Hall–Kier alpha value is -4.01. The lowest BCUT2D eigenvalue weighted by atomic mass is 9.84. The third-order valence-electron chi connectivity index (χ3n) is 7.18. The SMILES string of the molecule is COCCCN1C(=O)c2oc3ccc(F)cc3c(=O)c2C12C(=O)N(Cc1ccc(Cl)cc1)c1ccccc12. The Kier molecular flexibility index (Phi) is 5.81. The molecule has 2 aliphatic heterocycles. The lowest BCUT2D eigenvalue weighted by molar-refractivity contribution is -0.126. The molecule has 0 N–H and O–H groups in total. The Balaban J connectivity index is 1.62. The van der Waals surface area contributed by atoms with Crippen LogP contribution in [0.1, 0.15) is 33.7 Å². The van der Waals surface area contributed by atoms with Gasteiger partial charge < -0.3 is 19.0 Å². The number of benzene rings is 3. The van der Waals surface area contributed by atoms with Crippen LogP contribution in [0.2, 0.25) is 5.02 Å². The molecule has 0 radical (unpaired) electrons. The van der Waals surface area contributed by atoms with Crippen molar-refractivity contribution in [2.45, 2.75) is 18.5 Å². The van der Waals surface area contributed by atoms with Crippen LogP contribution >= 0.6 is 11.6 Å². The number of carbonyl (C=O) groups is 2. The summed E-state index contributed by atoms with van der Waals surface area (Å²) in [6, 6.07) is 17.7. The number of para-hydroxylation sites is 1. The highest BCUT2D eigenvalue weighted by atomic mass is 35.5. The quantitative estimate of drug-likeness (QED) is 0.331. The summed E-state index contributed by atoms with van der Waals surface area (Å²) in [6.45, 7) is 0.669. The minimum absolute atomic E-state index is 0.0314. The van der Waals surface area contributed by atoms with E-state index in [1.807, 2.05) is 12.1 Å². The zero-order valence-electron chi connectivity index (χ0n) is 20.4. The van der Waals surface area contributed by atoms with E-state index in [1.54, 1.807) is 48.4 Å². The molecule has 0 bridgehead atoms. The van der Waals surface area contributed by atoms with Gasteiger partial charge in [-0.25, -0.2) is 4.39 Å².